The monoisotopic (exact) mass is 805 g/mol. The summed E-state index contributed by atoms with van der Waals surface area (Å²) in [5, 5.41) is 7.82. The highest BCUT2D eigenvalue weighted by Crippen LogP contribution is 2.42. The molecule has 1 nitrogen and oxygen atoms in total. The molecule has 0 amide bonds. The third kappa shape index (κ3) is 6.41. The van der Waals surface area contributed by atoms with E-state index in [0.29, 0.717) is 0 Å². The SMILES string of the molecule is c1ccc(-c2cccc([Si](c3ccccc3)(c3ccccc3)c3cc(-c4ccccc4)c(-n4c5ccccc5c5cc(-c6ccccc6)ccc54)c(-c4ccccc4)c3)c2)cc1. The Bertz CT molecular complexity index is 3210. The fourth-order valence-electron chi connectivity index (χ4n) is 9.73. The van der Waals surface area contributed by atoms with Crippen molar-refractivity contribution in [2.75, 3.05) is 0 Å². The maximum Gasteiger partial charge on any atom is 0.179 e. The Morgan fingerprint density at radius 3 is 1.18 bits per heavy atom. The van der Waals surface area contributed by atoms with Crippen molar-refractivity contribution in [3.8, 4) is 50.2 Å². The van der Waals surface area contributed by atoms with Crippen molar-refractivity contribution in [2.45, 2.75) is 0 Å². The minimum Gasteiger partial charge on any atom is -0.308 e. The molecule has 0 radical (unpaired) electrons. The molecule has 0 aliphatic heterocycles. The van der Waals surface area contributed by atoms with Crippen LogP contribution in [0.25, 0.3) is 72.0 Å². The van der Waals surface area contributed by atoms with Crippen molar-refractivity contribution in [3.05, 3.63) is 261 Å². The molecule has 11 aromatic rings. The molecule has 0 fully saturated rings. The summed E-state index contributed by atoms with van der Waals surface area (Å²) in [5.41, 5.74) is 13.1. The molecule has 292 valence electrons. The lowest BCUT2D eigenvalue weighted by molar-refractivity contribution is 1.18. The lowest BCUT2D eigenvalue weighted by Gasteiger charge is -2.36. The summed E-state index contributed by atoms with van der Waals surface area (Å²) in [6.45, 7) is 0. The van der Waals surface area contributed by atoms with Crippen LogP contribution in [0.4, 0.5) is 0 Å². The van der Waals surface area contributed by atoms with E-state index in [9.17, 15) is 0 Å². The van der Waals surface area contributed by atoms with Gasteiger partial charge in [0.1, 0.15) is 0 Å². The van der Waals surface area contributed by atoms with Crippen LogP contribution in [-0.2, 0) is 0 Å². The number of aromatic nitrogens is 1. The maximum absolute atomic E-state index is 3.06. The van der Waals surface area contributed by atoms with Gasteiger partial charge in [0, 0.05) is 21.9 Å². The van der Waals surface area contributed by atoms with Crippen LogP contribution in [-0.4, -0.2) is 12.6 Å². The average molecular weight is 806 g/mol. The van der Waals surface area contributed by atoms with Crippen LogP contribution < -0.4 is 20.7 Å². The Balaban J connectivity index is 1.30. The molecular formula is C60H43NSi. The number of benzene rings is 10. The van der Waals surface area contributed by atoms with Crippen LogP contribution in [0.1, 0.15) is 0 Å². The standard InChI is InChI=1S/C60H43NSi/c1-7-22-44(23-8-1)48-30-21-35-52(40-48)62(50-31-15-5-16-32-50,51-33-17-6-18-34-51)53-42-55(46-26-11-3-12-27-46)60(56(43-53)47-28-13-4-14-29-47)61-58-37-20-19-36-54(58)57-41-49(38-39-59(57)61)45-24-9-2-10-25-45/h1-43H. The van der Waals surface area contributed by atoms with Gasteiger partial charge in [-0.3, -0.25) is 0 Å². The van der Waals surface area contributed by atoms with Crippen LogP contribution in [0.2, 0.25) is 0 Å². The maximum atomic E-state index is 2.55. The minimum absolute atomic E-state index is 1.17. The van der Waals surface area contributed by atoms with Gasteiger partial charge in [0.25, 0.3) is 0 Å². The molecule has 0 aliphatic carbocycles. The van der Waals surface area contributed by atoms with E-state index in [1.807, 2.05) is 0 Å². The quantitative estimate of drug-likeness (QED) is 0.101. The number of rotatable bonds is 9. The Labute approximate surface area is 364 Å². The van der Waals surface area contributed by atoms with Crippen molar-refractivity contribution in [2.24, 2.45) is 0 Å². The van der Waals surface area contributed by atoms with E-state index < -0.39 is 8.07 Å². The number of fused-ring (bicyclic) bond motifs is 3. The molecular weight excluding hydrogens is 763 g/mol. The second-order valence-electron chi connectivity index (χ2n) is 16.0. The molecule has 0 N–H and O–H groups in total. The predicted molar refractivity (Wildman–Crippen MR) is 266 cm³/mol. The van der Waals surface area contributed by atoms with Gasteiger partial charge in [0.2, 0.25) is 0 Å². The Kier molecular flexibility index (Phi) is 9.61. The molecule has 11 rings (SSSR count). The van der Waals surface area contributed by atoms with Crippen molar-refractivity contribution >= 4 is 50.6 Å². The van der Waals surface area contributed by atoms with Gasteiger partial charge in [-0.15, -0.1) is 0 Å². The smallest absolute Gasteiger partial charge is 0.179 e. The number of nitrogens with zero attached hydrogens (tertiary/aromatic N) is 1. The molecule has 1 aromatic heterocycles. The van der Waals surface area contributed by atoms with E-state index in [-0.39, 0.29) is 0 Å². The largest absolute Gasteiger partial charge is 0.308 e. The van der Waals surface area contributed by atoms with Gasteiger partial charge in [0.05, 0.1) is 16.7 Å². The molecule has 0 atom stereocenters. The number of hydrogen-bond acceptors (Lipinski definition) is 0. The summed E-state index contributed by atoms with van der Waals surface area (Å²) < 4.78 is 2.54. The highest BCUT2D eigenvalue weighted by atomic mass is 28.3. The third-order valence-corrected chi connectivity index (χ3v) is 17.3. The molecule has 0 aliphatic rings. The topological polar surface area (TPSA) is 4.93 Å². The van der Waals surface area contributed by atoms with Crippen LogP contribution in [0.5, 0.6) is 0 Å². The highest BCUT2D eigenvalue weighted by Gasteiger charge is 2.42. The zero-order chi connectivity index (χ0) is 41.3. The van der Waals surface area contributed by atoms with Crippen molar-refractivity contribution < 1.29 is 0 Å². The molecule has 1 heterocycles. The summed E-state index contributed by atoms with van der Waals surface area (Å²) in [6, 6.07) is 96.6. The van der Waals surface area contributed by atoms with Gasteiger partial charge in [0.15, 0.2) is 8.07 Å². The normalized spacial score (nSPS) is 11.5. The van der Waals surface area contributed by atoms with Gasteiger partial charge in [-0.2, -0.15) is 0 Å². The van der Waals surface area contributed by atoms with Crippen molar-refractivity contribution in [1.29, 1.82) is 0 Å². The van der Waals surface area contributed by atoms with E-state index in [4.69, 9.17) is 0 Å². The summed E-state index contributed by atoms with van der Waals surface area (Å²) in [6.07, 6.45) is 0. The first-order chi connectivity index (χ1) is 30.8. The number of hydrogen-bond donors (Lipinski definition) is 0. The van der Waals surface area contributed by atoms with Gasteiger partial charge in [-0.1, -0.05) is 243 Å². The summed E-state index contributed by atoms with van der Waals surface area (Å²) in [5.74, 6) is 0. The van der Waals surface area contributed by atoms with Crippen molar-refractivity contribution in [1.82, 2.24) is 4.57 Å². The van der Waals surface area contributed by atoms with Crippen molar-refractivity contribution in [3.63, 3.8) is 0 Å². The van der Waals surface area contributed by atoms with E-state index in [0.717, 1.165) is 0 Å². The van der Waals surface area contributed by atoms with Gasteiger partial charge in [-0.25, -0.2) is 0 Å². The first kappa shape index (κ1) is 37.2. The van der Waals surface area contributed by atoms with Crippen LogP contribution in [0.3, 0.4) is 0 Å². The van der Waals surface area contributed by atoms with Crippen LogP contribution in [0.15, 0.2) is 261 Å². The van der Waals surface area contributed by atoms with E-state index in [1.54, 1.807) is 0 Å². The van der Waals surface area contributed by atoms with Gasteiger partial charge in [-0.05, 0) is 72.3 Å². The van der Waals surface area contributed by atoms with Gasteiger partial charge < -0.3 is 4.57 Å². The second-order valence-corrected chi connectivity index (χ2v) is 19.8. The zero-order valence-corrected chi connectivity index (χ0v) is 35.3. The Morgan fingerprint density at radius 1 is 0.242 bits per heavy atom. The van der Waals surface area contributed by atoms with Gasteiger partial charge >= 0.3 is 0 Å². The highest BCUT2D eigenvalue weighted by molar-refractivity contribution is 7.20. The molecule has 0 unspecified atom stereocenters. The third-order valence-electron chi connectivity index (χ3n) is 12.5. The first-order valence-corrected chi connectivity index (χ1v) is 23.4. The fraction of sp³-hybridized carbons (Fsp3) is 0. The molecule has 0 saturated carbocycles. The van der Waals surface area contributed by atoms with E-state index in [2.05, 4.69) is 265 Å². The molecule has 10 aromatic carbocycles. The first-order valence-electron chi connectivity index (χ1n) is 21.4. The summed E-state index contributed by atoms with van der Waals surface area (Å²) >= 11 is 0. The molecule has 2 heteroatoms. The minimum atomic E-state index is -3.06. The molecule has 0 spiro atoms. The Morgan fingerprint density at radius 2 is 0.645 bits per heavy atom. The zero-order valence-electron chi connectivity index (χ0n) is 34.3. The lowest BCUT2D eigenvalue weighted by Crippen LogP contribution is -2.74. The van der Waals surface area contributed by atoms with E-state index >= 15 is 0 Å². The Hall–Kier alpha value is -7.78. The fourth-order valence-corrected chi connectivity index (χ4v) is 14.6. The summed E-state index contributed by atoms with van der Waals surface area (Å²) in [7, 11) is -3.06. The average Bonchev–Trinajstić information content (AvgIpc) is 3.69. The molecule has 0 bridgehead atoms. The number of para-hydroxylation sites is 1. The molecule has 0 saturated heterocycles. The van der Waals surface area contributed by atoms with Crippen LogP contribution >= 0.6 is 0 Å². The predicted octanol–water partition coefficient (Wildman–Crippen LogP) is 12.8. The molecule has 62 heavy (non-hydrogen) atoms. The van der Waals surface area contributed by atoms with Crippen LogP contribution in [0, 0.1) is 0 Å². The van der Waals surface area contributed by atoms with E-state index in [1.165, 1.54) is 92.7 Å². The second kappa shape index (κ2) is 16.0. The summed E-state index contributed by atoms with van der Waals surface area (Å²) in [4.78, 5) is 0. The lowest BCUT2D eigenvalue weighted by atomic mass is 9.95.